The molecule has 98 valence electrons. The Bertz CT molecular complexity index is 582. The number of rotatable bonds is 4. The average Bonchev–Trinajstić information content (AvgIpc) is 2.90. The highest BCUT2D eigenvalue weighted by atomic mass is 16.4. The van der Waals surface area contributed by atoms with E-state index in [1.54, 1.807) is 6.20 Å². The molecule has 2 rings (SSSR count). The Morgan fingerprint density at radius 3 is 2.79 bits per heavy atom. The number of carboxylic acid groups (broad SMARTS) is 1. The van der Waals surface area contributed by atoms with Gasteiger partial charge in [-0.15, -0.1) is 0 Å². The van der Waals surface area contributed by atoms with Crippen molar-refractivity contribution < 1.29 is 14.7 Å². The number of imidazole rings is 1. The molecule has 4 N–H and O–H groups in total. The maximum atomic E-state index is 11.6. The quantitative estimate of drug-likeness (QED) is 0.649. The highest BCUT2D eigenvalue weighted by Gasteiger charge is 2.06. The van der Waals surface area contributed by atoms with Gasteiger partial charge in [0.15, 0.2) is 0 Å². The highest BCUT2D eigenvalue weighted by molar-refractivity contribution is 5.92. The van der Waals surface area contributed by atoms with Crippen molar-refractivity contribution in [1.82, 2.24) is 20.3 Å². The van der Waals surface area contributed by atoms with Crippen LogP contribution < -0.4 is 10.6 Å². The van der Waals surface area contributed by atoms with Gasteiger partial charge in [0, 0.05) is 12.4 Å². The molecule has 19 heavy (non-hydrogen) atoms. The van der Waals surface area contributed by atoms with Gasteiger partial charge in [-0.1, -0.05) is 0 Å². The third kappa shape index (κ3) is 3.53. The summed E-state index contributed by atoms with van der Waals surface area (Å²) < 4.78 is 0. The molecule has 0 radical (unpaired) electrons. The lowest BCUT2D eigenvalue weighted by atomic mass is 10.3. The van der Waals surface area contributed by atoms with Crippen molar-refractivity contribution in [3.63, 3.8) is 0 Å². The Balaban J connectivity index is 1.91. The lowest BCUT2D eigenvalue weighted by Gasteiger charge is -2.06. The maximum Gasteiger partial charge on any atom is 0.337 e. The van der Waals surface area contributed by atoms with Crippen LogP contribution in [0.3, 0.4) is 0 Å². The number of carbonyl (C=O) groups is 2. The molecule has 0 spiro atoms. The van der Waals surface area contributed by atoms with E-state index in [1.165, 1.54) is 24.8 Å². The molecule has 2 amide bonds. The molecular weight excluding hydrogens is 250 g/mol. The third-order valence-corrected chi connectivity index (χ3v) is 2.24. The number of aromatic carboxylic acids is 1. The molecule has 8 heteroatoms. The molecular formula is C11H11N5O3. The van der Waals surface area contributed by atoms with E-state index in [1.807, 2.05) is 0 Å². The van der Waals surface area contributed by atoms with E-state index in [-0.39, 0.29) is 12.1 Å². The van der Waals surface area contributed by atoms with Crippen molar-refractivity contribution in [3.8, 4) is 0 Å². The van der Waals surface area contributed by atoms with E-state index in [4.69, 9.17) is 5.11 Å². The van der Waals surface area contributed by atoms with Crippen LogP contribution in [0, 0.1) is 0 Å². The van der Waals surface area contributed by atoms with Crippen molar-refractivity contribution >= 4 is 17.7 Å². The first-order chi connectivity index (χ1) is 9.15. The van der Waals surface area contributed by atoms with Crippen LogP contribution in [0.25, 0.3) is 0 Å². The van der Waals surface area contributed by atoms with Gasteiger partial charge >= 0.3 is 12.0 Å². The number of amides is 2. The molecule has 0 aromatic carbocycles. The van der Waals surface area contributed by atoms with Gasteiger partial charge in [0.25, 0.3) is 0 Å². The average molecular weight is 261 g/mol. The number of aromatic nitrogens is 3. The summed E-state index contributed by atoms with van der Waals surface area (Å²) in [6.07, 6.45) is 5.67. The summed E-state index contributed by atoms with van der Waals surface area (Å²) in [6, 6.07) is 0.865. The molecule has 0 fully saturated rings. The van der Waals surface area contributed by atoms with Gasteiger partial charge in [0.05, 0.1) is 36.0 Å². The topological polar surface area (TPSA) is 120 Å². The summed E-state index contributed by atoms with van der Waals surface area (Å²) in [7, 11) is 0. The zero-order valence-corrected chi connectivity index (χ0v) is 9.75. The van der Waals surface area contributed by atoms with Gasteiger partial charge < -0.3 is 20.7 Å². The van der Waals surface area contributed by atoms with Gasteiger partial charge in [-0.2, -0.15) is 0 Å². The number of pyridine rings is 1. The van der Waals surface area contributed by atoms with Crippen molar-refractivity contribution in [3.05, 3.63) is 42.2 Å². The van der Waals surface area contributed by atoms with Crippen LogP contribution in [0.5, 0.6) is 0 Å². The van der Waals surface area contributed by atoms with Crippen LogP contribution in [0.15, 0.2) is 31.0 Å². The second kappa shape index (κ2) is 5.63. The van der Waals surface area contributed by atoms with E-state index in [9.17, 15) is 9.59 Å². The normalized spacial score (nSPS) is 9.89. The predicted molar refractivity (Wildman–Crippen MR) is 65.6 cm³/mol. The Hall–Kier alpha value is -2.90. The van der Waals surface area contributed by atoms with E-state index < -0.39 is 12.0 Å². The monoisotopic (exact) mass is 261 g/mol. The van der Waals surface area contributed by atoms with E-state index in [2.05, 4.69) is 25.6 Å². The first-order valence-corrected chi connectivity index (χ1v) is 5.35. The van der Waals surface area contributed by atoms with Crippen LogP contribution in [-0.4, -0.2) is 32.1 Å². The minimum absolute atomic E-state index is 0.00590. The Kier molecular flexibility index (Phi) is 3.72. The number of hydrogen-bond acceptors (Lipinski definition) is 4. The first-order valence-electron chi connectivity index (χ1n) is 5.35. The predicted octanol–water partition coefficient (Wildman–Crippen LogP) is 0.825. The fourth-order valence-electron chi connectivity index (χ4n) is 1.36. The number of anilines is 1. The molecule has 0 saturated carbocycles. The van der Waals surface area contributed by atoms with Crippen molar-refractivity contribution in [2.75, 3.05) is 5.32 Å². The Morgan fingerprint density at radius 2 is 2.11 bits per heavy atom. The molecule has 0 atom stereocenters. The lowest BCUT2D eigenvalue weighted by molar-refractivity contribution is 0.0696. The molecule has 0 bridgehead atoms. The number of urea groups is 1. The second-order valence-corrected chi connectivity index (χ2v) is 3.65. The summed E-state index contributed by atoms with van der Waals surface area (Å²) >= 11 is 0. The number of aromatic amines is 1. The zero-order valence-electron chi connectivity index (χ0n) is 9.75. The first kappa shape index (κ1) is 12.6. The van der Waals surface area contributed by atoms with Crippen LogP contribution in [0.1, 0.15) is 16.1 Å². The fraction of sp³-hybridized carbons (Fsp3) is 0.0909. The van der Waals surface area contributed by atoms with Crippen LogP contribution in [0.2, 0.25) is 0 Å². The number of carbonyl (C=O) groups excluding carboxylic acids is 1. The van der Waals surface area contributed by atoms with Gasteiger partial charge in [-0.05, 0) is 6.07 Å². The van der Waals surface area contributed by atoms with Crippen molar-refractivity contribution in [2.45, 2.75) is 6.54 Å². The fourth-order valence-corrected chi connectivity index (χ4v) is 1.36. The molecule has 2 aromatic rings. The number of nitrogens with zero attached hydrogens (tertiary/aromatic N) is 2. The van der Waals surface area contributed by atoms with Crippen LogP contribution in [-0.2, 0) is 6.54 Å². The molecule has 2 heterocycles. The van der Waals surface area contributed by atoms with Crippen molar-refractivity contribution in [2.24, 2.45) is 0 Å². The molecule has 0 aliphatic carbocycles. The third-order valence-electron chi connectivity index (χ3n) is 2.24. The number of carboxylic acids is 1. The summed E-state index contributed by atoms with van der Waals surface area (Å²) in [5.41, 5.74) is 1.07. The minimum Gasteiger partial charge on any atom is -0.478 e. The summed E-state index contributed by atoms with van der Waals surface area (Å²) in [5.74, 6) is -1.10. The largest absolute Gasteiger partial charge is 0.478 e. The van der Waals surface area contributed by atoms with E-state index in [0.717, 1.165) is 5.69 Å². The smallest absolute Gasteiger partial charge is 0.337 e. The standard InChI is InChI=1S/C11H11N5O3/c17-10(18)7-1-8(3-12-2-7)16-11(19)14-5-9-4-13-6-15-9/h1-4,6H,5H2,(H,13,15)(H,17,18)(H2,14,16,19). The number of hydrogen-bond donors (Lipinski definition) is 4. The van der Waals surface area contributed by atoms with Gasteiger partial charge in [0.2, 0.25) is 0 Å². The van der Waals surface area contributed by atoms with Gasteiger partial charge in [0.1, 0.15) is 0 Å². The Labute approximate surface area is 107 Å². The second-order valence-electron chi connectivity index (χ2n) is 3.65. The number of H-pyrrole nitrogens is 1. The van der Waals surface area contributed by atoms with E-state index >= 15 is 0 Å². The molecule has 0 aliphatic rings. The number of nitrogens with one attached hydrogen (secondary N) is 3. The molecule has 8 nitrogen and oxygen atoms in total. The SMILES string of the molecule is O=C(NCc1cnc[nH]1)Nc1cncc(C(=O)O)c1. The molecule has 0 saturated heterocycles. The van der Waals surface area contributed by atoms with Gasteiger partial charge in [-0.3, -0.25) is 4.98 Å². The summed E-state index contributed by atoms with van der Waals surface area (Å²) in [4.78, 5) is 32.7. The van der Waals surface area contributed by atoms with Crippen molar-refractivity contribution in [1.29, 1.82) is 0 Å². The lowest BCUT2D eigenvalue weighted by Crippen LogP contribution is -2.28. The minimum atomic E-state index is -1.10. The molecule has 0 aliphatic heterocycles. The van der Waals surface area contributed by atoms with E-state index in [0.29, 0.717) is 5.69 Å². The zero-order chi connectivity index (χ0) is 13.7. The Morgan fingerprint density at radius 1 is 1.26 bits per heavy atom. The van der Waals surface area contributed by atoms with Crippen LogP contribution >= 0.6 is 0 Å². The molecule has 2 aromatic heterocycles. The maximum absolute atomic E-state index is 11.6. The summed E-state index contributed by atoms with van der Waals surface area (Å²) in [6.45, 7) is 0.290. The highest BCUT2D eigenvalue weighted by Crippen LogP contribution is 2.08. The van der Waals surface area contributed by atoms with Gasteiger partial charge in [-0.25, -0.2) is 14.6 Å². The van der Waals surface area contributed by atoms with Crippen LogP contribution in [0.4, 0.5) is 10.5 Å². The summed E-state index contributed by atoms with van der Waals surface area (Å²) in [5, 5.41) is 13.9. The molecule has 0 unspecified atom stereocenters.